The standard InChI is InChI=1S/C20H21ClN8O4/c1-22-19(30)33-15-10-24-29(3)17(15)26-16-13(21)9-23-18(27-16)25-12-4-5-14-11(8-12)6-7-32-20(31)28(14)2/h4-5,8-10H,6-7H2,1-3H3,(H,22,30)(H2,23,25,26,27). The number of nitrogens with zero attached hydrogens (tertiary/aromatic N) is 5. The van der Waals surface area contributed by atoms with Crippen molar-refractivity contribution < 1.29 is 19.1 Å². The van der Waals surface area contributed by atoms with Crippen molar-refractivity contribution in [1.29, 1.82) is 0 Å². The summed E-state index contributed by atoms with van der Waals surface area (Å²) in [4.78, 5) is 33.6. The molecule has 1 aliphatic heterocycles. The summed E-state index contributed by atoms with van der Waals surface area (Å²) in [6.45, 7) is 0.302. The van der Waals surface area contributed by atoms with Crippen molar-refractivity contribution in [2.24, 2.45) is 7.05 Å². The van der Waals surface area contributed by atoms with Crippen LogP contribution in [0.2, 0.25) is 5.02 Å². The fourth-order valence-corrected chi connectivity index (χ4v) is 3.31. The topological polar surface area (TPSA) is 136 Å². The predicted octanol–water partition coefficient (Wildman–Crippen LogP) is 3.20. The molecular formula is C20H21ClN8O4. The molecule has 1 aliphatic rings. The summed E-state index contributed by atoms with van der Waals surface area (Å²) in [5.41, 5.74) is 2.46. The van der Waals surface area contributed by atoms with E-state index in [-0.39, 0.29) is 28.6 Å². The molecule has 0 aliphatic carbocycles. The second kappa shape index (κ2) is 9.20. The minimum absolute atomic E-state index is 0.202. The van der Waals surface area contributed by atoms with Crippen LogP contribution in [-0.2, 0) is 18.2 Å². The summed E-state index contributed by atoms with van der Waals surface area (Å²) < 4.78 is 11.8. The molecule has 0 fully saturated rings. The van der Waals surface area contributed by atoms with E-state index in [1.165, 1.54) is 29.0 Å². The normalized spacial score (nSPS) is 13.0. The van der Waals surface area contributed by atoms with Gasteiger partial charge in [0.25, 0.3) is 0 Å². The number of carbonyl (C=O) groups is 2. The third-order valence-electron chi connectivity index (χ3n) is 4.86. The van der Waals surface area contributed by atoms with Crippen LogP contribution in [0.3, 0.4) is 0 Å². The van der Waals surface area contributed by atoms with Crippen LogP contribution in [0.4, 0.5) is 38.5 Å². The molecule has 0 atom stereocenters. The number of hydrogen-bond acceptors (Lipinski definition) is 9. The lowest BCUT2D eigenvalue weighted by atomic mass is 10.1. The Morgan fingerprint density at radius 3 is 2.85 bits per heavy atom. The maximum atomic E-state index is 11.9. The number of amides is 2. The third-order valence-corrected chi connectivity index (χ3v) is 5.14. The molecule has 13 heteroatoms. The van der Waals surface area contributed by atoms with E-state index in [9.17, 15) is 9.59 Å². The van der Waals surface area contributed by atoms with Crippen molar-refractivity contribution in [1.82, 2.24) is 25.1 Å². The number of aryl methyl sites for hydroxylation is 1. The summed E-state index contributed by atoms with van der Waals surface area (Å²) >= 11 is 6.28. The highest BCUT2D eigenvalue weighted by molar-refractivity contribution is 6.32. The van der Waals surface area contributed by atoms with Crippen molar-refractivity contribution in [3.63, 3.8) is 0 Å². The van der Waals surface area contributed by atoms with Gasteiger partial charge in [-0.1, -0.05) is 11.6 Å². The van der Waals surface area contributed by atoms with E-state index >= 15 is 0 Å². The summed E-state index contributed by atoms with van der Waals surface area (Å²) in [5, 5.41) is 12.9. The Balaban J connectivity index is 1.57. The maximum Gasteiger partial charge on any atom is 0.414 e. The highest BCUT2D eigenvalue weighted by Crippen LogP contribution is 2.31. The van der Waals surface area contributed by atoms with Crippen molar-refractivity contribution in [3.05, 3.63) is 41.2 Å². The van der Waals surface area contributed by atoms with E-state index in [1.54, 1.807) is 14.1 Å². The van der Waals surface area contributed by atoms with Gasteiger partial charge in [0.05, 0.1) is 24.7 Å². The van der Waals surface area contributed by atoms with E-state index in [4.69, 9.17) is 21.1 Å². The first kappa shape index (κ1) is 22.1. The Morgan fingerprint density at radius 2 is 2.06 bits per heavy atom. The molecule has 2 aromatic heterocycles. The fraction of sp³-hybridized carbons (Fsp3) is 0.250. The molecule has 3 heterocycles. The van der Waals surface area contributed by atoms with Crippen molar-refractivity contribution in [2.45, 2.75) is 6.42 Å². The van der Waals surface area contributed by atoms with Crippen LogP contribution in [0.15, 0.2) is 30.6 Å². The Hall–Kier alpha value is -4.06. The lowest BCUT2D eigenvalue weighted by Crippen LogP contribution is -2.25. The number of rotatable bonds is 5. The molecule has 0 saturated carbocycles. The lowest BCUT2D eigenvalue weighted by Gasteiger charge is -2.17. The van der Waals surface area contributed by atoms with Gasteiger partial charge in [-0.15, -0.1) is 0 Å². The molecule has 33 heavy (non-hydrogen) atoms. The van der Waals surface area contributed by atoms with Crippen LogP contribution in [0.25, 0.3) is 0 Å². The van der Waals surface area contributed by atoms with Crippen LogP contribution < -0.4 is 25.6 Å². The van der Waals surface area contributed by atoms with E-state index in [0.717, 1.165) is 16.9 Å². The van der Waals surface area contributed by atoms with Crippen LogP contribution in [0, 0.1) is 0 Å². The van der Waals surface area contributed by atoms with Gasteiger partial charge in [-0.2, -0.15) is 10.1 Å². The van der Waals surface area contributed by atoms with E-state index < -0.39 is 6.09 Å². The Bertz CT molecular complexity index is 1210. The molecule has 0 saturated heterocycles. The van der Waals surface area contributed by atoms with E-state index in [0.29, 0.717) is 18.8 Å². The summed E-state index contributed by atoms with van der Waals surface area (Å²) in [6, 6.07) is 5.56. The van der Waals surface area contributed by atoms with Gasteiger partial charge in [-0.05, 0) is 23.8 Å². The average Bonchev–Trinajstić information content (AvgIpc) is 3.06. The molecule has 172 valence electrons. The first-order valence-corrected chi connectivity index (χ1v) is 10.2. The molecule has 12 nitrogen and oxygen atoms in total. The summed E-state index contributed by atoms with van der Waals surface area (Å²) in [5.74, 6) is 1.15. The average molecular weight is 473 g/mol. The van der Waals surface area contributed by atoms with Crippen LogP contribution >= 0.6 is 11.6 Å². The highest BCUT2D eigenvalue weighted by Gasteiger charge is 2.21. The smallest absolute Gasteiger partial charge is 0.414 e. The van der Waals surface area contributed by atoms with Gasteiger partial charge in [0.15, 0.2) is 17.4 Å². The van der Waals surface area contributed by atoms with E-state index in [1.807, 2.05) is 18.2 Å². The Kier molecular flexibility index (Phi) is 6.18. The van der Waals surface area contributed by atoms with Gasteiger partial charge in [-0.25, -0.2) is 19.3 Å². The van der Waals surface area contributed by atoms with Crippen molar-refractivity contribution >= 4 is 52.7 Å². The number of nitrogens with one attached hydrogen (secondary N) is 3. The number of aromatic nitrogens is 4. The SMILES string of the molecule is CNC(=O)Oc1cnn(C)c1Nc1nc(Nc2ccc3c(c2)CCOC(=O)N3C)ncc1Cl. The van der Waals surface area contributed by atoms with Crippen LogP contribution in [0.5, 0.6) is 5.75 Å². The maximum absolute atomic E-state index is 11.9. The number of benzene rings is 1. The van der Waals surface area contributed by atoms with Gasteiger partial charge >= 0.3 is 12.2 Å². The lowest BCUT2D eigenvalue weighted by molar-refractivity contribution is 0.159. The number of carbonyl (C=O) groups excluding carboxylic acids is 2. The largest absolute Gasteiger partial charge is 0.449 e. The molecule has 3 aromatic rings. The summed E-state index contributed by atoms with van der Waals surface area (Å²) in [7, 11) is 4.80. The molecule has 0 unspecified atom stereocenters. The van der Waals surface area contributed by atoms with Crippen molar-refractivity contribution in [2.75, 3.05) is 36.2 Å². The zero-order valence-corrected chi connectivity index (χ0v) is 18.8. The number of ether oxygens (including phenoxy) is 2. The molecular weight excluding hydrogens is 452 g/mol. The molecule has 2 amide bonds. The molecule has 4 rings (SSSR count). The number of anilines is 5. The van der Waals surface area contributed by atoms with Gasteiger partial charge in [0.2, 0.25) is 5.95 Å². The molecule has 3 N–H and O–H groups in total. The number of hydrogen-bond donors (Lipinski definition) is 3. The minimum atomic E-state index is -0.636. The number of cyclic esters (lactones) is 1. The first-order chi connectivity index (χ1) is 15.9. The highest BCUT2D eigenvalue weighted by atomic mass is 35.5. The predicted molar refractivity (Wildman–Crippen MR) is 122 cm³/mol. The van der Waals surface area contributed by atoms with E-state index in [2.05, 4.69) is 31.0 Å². The zero-order chi connectivity index (χ0) is 23.5. The van der Waals surface area contributed by atoms with Crippen LogP contribution in [-0.4, -0.2) is 52.6 Å². The molecule has 1 aromatic carbocycles. The Morgan fingerprint density at radius 1 is 1.24 bits per heavy atom. The second-order valence-electron chi connectivity index (χ2n) is 7.03. The van der Waals surface area contributed by atoms with Gasteiger partial charge < -0.3 is 25.4 Å². The summed E-state index contributed by atoms with van der Waals surface area (Å²) in [6.07, 6.45) is 2.40. The Labute approximate surface area is 193 Å². The molecule has 0 radical (unpaired) electrons. The van der Waals surface area contributed by atoms with Gasteiger partial charge in [-0.3, -0.25) is 4.90 Å². The number of halogens is 1. The minimum Gasteiger partial charge on any atom is -0.449 e. The zero-order valence-electron chi connectivity index (χ0n) is 18.0. The van der Waals surface area contributed by atoms with Gasteiger partial charge in [0, 0.05) is 33.3 Å². The molecule has 0 spiro atoms. The van der Waals surface area contributed by atoms with Crippen molar-refractivity contribution in [3.8, 4) is 5.75 Å². The second-order valence-corrected chi connectivity index (χ2v) is 7.43. The third kappa shape index (κ3) is 4.75. The quantitative estimate of drug-likeness (QED) is 0.511. The van der Waals surface area contributed by atoms with Crippen LogP contribution in [0.1, 0.15) is 5.56 Å². The fourth-order valence-electron chi connectivity index (χ4n) is 3.18. The number of fused-ring (bicyclic) bond motifs is 1. The molecule has 0 bridgehead atoms. The van der Waals surface area contributed by atoms with Gasteiger partial charge in [0.1, 0.15) is 5.02 Å². The first-order valence-electron chi connectivity index (χ1n) is 9.87. The monoisotopic (exact) mass is 472 g/mol.